The Balaban J connectivity index is 1.97. The van der Waals surface area contributed by atoms with Crippen LogP contribution in [0.2, 0.25) is 0 Å². The van der Waals surface area contributed by atoms with Gasteiger partial charge in [-0.25, -0.2) is 4.39 Å². The van der Waals surface area contributed by atoms with Gasteiger partial charge in [0.05, 0.1) is 17.3 Å². The molecule has 0 spiro atoms. The molecule has 4 nitrogen and oxygen atoms in total. The second-order valence-corrected chi connectivity index (χ2v) is 7.81. The molecule has 5 heteroatoms. The lowest BCUT2D eigenvalue weighted by Crippen LogP contribution is -2.40. The van der Waals surface area contributed by atoms with Crippen LogP contribution in [0.25, 0.3) is 0 Å². The maximum absolute atomic E-state index is 13.3. The summed E-state index contributed by atoms with van der Waals surface area (Å²) in [7, 11) is 0. The minimum Gasteiger partial charge on any atom is -0.404 e. The van der Waals surface area contributed by atoms with E-state index >= 15 is 0 Å². The van der Waals surface area contributed by atoms with Crippen LogP contribution < -0.4 is 11.5 Å². The summed E-state index contributed by atoms with van der Waals surface area (Å²) in [5.41, 5.74) is 16.0. The van der Waals surface area contributed by atoms with Gasteiger partial charge in [-0.3, -0.25) is 4.99 Å². The summed E-state index contributed by atoms with van der Waals surface area (Å²) in [5.74, 6) is -0.0582. The third-order valence-corrected chi connectivity index (χ3v) is 5.95. The standard InChI is InChI=1S/C25H27FN4/c1-2-25(14-18-4-3-5-19(12-18)16-28)15-20(17-29)24(13-21(25)10-11-27)30-23-8-6-22(26)7-9-23/h2-9,12,17,21H,1,10-11,13-15,27,29H2. The van der Waals surface area contributed by atoms with Crippen LogP contribution in [0.3, 0.4) is 0 Å². The fraction of sp³-hybridized carbons (Fsp3) is 0.280. The van der Waals surface area contributed by atoms with Crippen molar-refractivity contribution in [2.75, 3.05) is 6.54 Å². The first-order valence-electron chi connectivity index (χ1n) is 10.1. The molecule has 0 bridgehead atoms. The first-order valence-corrected chi connectivity index (χ1v) is 10.1. The zero-order valence-electron chi connectivity index (χ0n) is 17.0. The number of benzene rings is 2. The Bertz CT molecular complexity index is 1000. The third-order valence-electron chi connectivity index (χ3n) is 5.95. The highest BCUT2D eigenvalue weighted by atomic mass is 19.1. The Labute approximate surface area is 177 Å². The van der Waals surface area contributed by atoms with E-state index in [1.165, 1.54) is 12.1 Å². The minimum atomic E-state index is -0.288. The van der Waals surface area contributed by atoms with Crippen LogP contribution in [0.5, 0.6) is 0 Å². The van der Waals surface area contributed by atoms with Crippen molar-refractivity contribution in [3.63, 3.8) is 0 Å². The molecule has 4 N–H and O–H groups in total. The van der Waals surface area contributed by atoms with E-state index in [1.54, 1.807) is 24.4 Å². The number of nitrogens with two attached hydrogens (primary N) is 2. The van der Waals surface area contributed by atoms with Gasteiger partial charge in [-0.2, -0.15) is 5.26 Å². The predicted molar refractivity (Wildman–Crippen MR) is 120 cm³/mol. The Morgan fingerprint density at radius 3 is 2.67 bits per heavy atom. The van der Waals surface area contributed by atoms with E-state index < -0.39 is 0 Å². The molecule has 0 aliphatic heterocycles. The molecule has 2 atom stereocenters. The number of allylic oxidation sites excluding steroid dienone is 2. The van der Waals surface area contributed by atoms with E-state index in [1.807, 2.05) is 24.3 Å². The lowest BCUT2D eigenvalue weighted by Gasteiger charge is -2.44. The summed E-state index contributed by atoms with van der Waals surface area (Å²) < 4.78 is 13.3. The monoisotopic (exact) mass is 402 g/mol. The van der Waals surface area contributed by atoms with Gasteiger partial charge in [0.1, 0.15) is 5.82 Å². The normalized spacial score (nSPS) is 24.0. The highest BCUT2D eigenvalue weighted by molar-refractivity contribution is 6.02. The number of aliphatic imine (C=N–C) groups is 1. The van der Waals surface area contributed by atoms with E-state index in [-0.39, 0.29) is 17.2 Å². The van der Waals surface area contributed by atoms with Crippen LogP contribution in [-0.2, 0) is 6.42 Å². The molecule has 0 saturated heterocycles. The number of nitrogens with zero attached hydrogens (tertiary/aromatic N) is 2. The molecule has 2 aromatic carbocycles. The highest BCUT2D eigenvalue weighted by Gasteiger charge is 2.42. The van der Waals surface area contributed by atoms with E-state index in [9.17, 15) is 9.65 Å². The van der Waals surface area contributed by atoms with Gasteiger partial charge >= 0.3 is 0 Å². The number of hydrogen-bond donors (Lipinski definition) is 2. The van der Waals surface area contributed by atoms with Gasteiger partial charge in [0, 0.05) is 5.71 Å². The van der Waals surface area contributed by atoms with Crippen LogP contribution in [0.4, 0.5) is 10.1 Å². The van der Waals surface area contributed by atoms with Crippen LogP contribution in [-0.4, -0.2) is 12.3 Å². The van der Waals surface area contributed by atoms with E-state index in [4.69, 9.17) is 16.5 Å². The van der Waals surface area contributed by atoms with Crippen molar-refractivity contribution >= 4 is 11.4 Å². The molecule has 0 amide bonds. The molecule has 1 fully saturated rings. The van der Waals surface area contributed by atoms with Gasteiger partial charge in [-0.1, -0.05) is 18.2 Å². The molecular weight excluding hydrogens is 375 g/mol. The number of hydrogen-bond acceptors (Lipinski definition) is 4. The summed E-state index contributed by atoms with van der Waals surface area (Å²) in [6, 6.07) is 16.0. The van der Waals surface area contributed by atoms with Crippen molar-refractivity contribution in [3.05, 3.63) is 89.9 Å². The molecule has 1 aliphatic rings. The van der Waals surface area contributed by atoms with Crippen LogP contribution >= 0.6 is 0 Å². The molecule has 2 aromatic rings. The summed E-state index contributed by atoms with van der Waals surface area (Å²) in [6.45, 7) is 4.72. The fourth-order valence-electron chi connectivity index (χ4n) is 4.35. The molecule has 1 saturated carbocycles. The van der Waals surface area contributed by atoms with Gasteiger partial charge in [0.2, 0.25) is 0 Å². The molecule has 3 rings (SSSR count). The van der Waals surface area contributed by atoms with Gasteiger partial charge in [0.15, 0.2) is 0 Å². The number of halogens is 1. The quantitative estimate of drug-likeness (QED) is 0.681. The molecule has 0 aromatic heterocycles. The van der Waals surface area contributed by atoms with Gasteiger partial charge < -0.3 is 11.5 Å². The fourth-order valence-corrected chi connectivity index (χ4v) is 4.35. The lowest BCUT2D eigenvalue weighted by atomic mass is 9.60. The average molecular weight is 403 g/mol. The Hall–Kier alpha value is -3.23. The summed E-state index contributed by atoms with van der Waals surface area (Å²) in [6.07, 6.45) is 6.60. The topological polar surface area (TPSA) is 88.2 Å². The van der Waals surface area contributed by atoms with E-state index in [0.29, 0.717) is 30.6 Å². The second kappa shape index (κ2) is 9.51. The van der Waals surface area contributed by atoms with Crippen molar-refractivity contribution < 1.29 is 4.39 Å². The Morgan fingerprint density at radius 2 is 2.03 bits per heavy atom. The summed E-state index contributed by atoms with van der Waals surface area (Å²) in [5, 5.41) is 9.25. The highest BCUT2D eigenvalue weighted by Crippen LogP contribution is 2.47. The van der Waals surface area contributed by atoms with Crippen molar-refractivity contribution in [2.45, 2.75) is 25.7 Å². The predicted octanol–water partition coefficient (Wildman–Crippen LogP) is 4.79. The molecular formula is C25H27FN4. The maximum atomic E-state index is 13.3. The first-order chi connectivity index (χ1) is 14.5. The average Bonchev–Trinajstić information content (AvgIpc) is 2.77. The zero-order valence-corrected chi connectivity index (χ0v) is 17.0. The van der Waals surface area contributed by atoms with Crippen molar-refractivity contribution in [1.82, 2.24) is 0 Å². The van der Waals surface area contributed by atoms with Gasteiger partial charge in [-0.15, -0.1) is 6.58 Å². The molecule has 30 heavy (non-hydrogen) atoms. The largest absolute Gasteiger partial charge is 0.404 e. The van der Waals surface area contributed by atoms with Crippen LogP contribution in [0.1, 0.15) is 30.4 Å². The minimum absolute atomic E-state index is 0.230. The Kier molecular flexibility index (Phi) is 6.81. The molecule has 0 radical (unpaired) electrons. The van der Waals surface area contributed by atoms with Gasteiger partial charge in [-0.05, 0) is 97.3 Å². The molecule has 0 heterocycles. The Morgan fingerprint density at radius 1 is 1.27 bits per heavy atom. The lowest BCUT2D eigenvalue weighted by molar-refractivity contribution is 0.209. The van der Waals surface area contributed by atoms with Crippen LogP contribution in [0, 0.1) is 28.5 Å². The van der Waals surface area contributed by atoms with Crippen molar-refractivity contribution in [1.29, 1.82) is 5.26 Å². The molecule has 1 aliphatic carbocycles. The second-order valence-electron chi connectivity index (χ2n) is 7.81. The number of nitriles is 1. The number of rotatable bonds is 6. The van der Waals surface area contributed by atoms with E-state index in [0.717, 1.165) is 29.7 Å². The van der Waals surface area contributed by atoms with E-state index in [2.05, 4.69) is 12.6 Å². The smallest absolute Gasteiger partial charge is 0.123 e. The van der Waals surface area contributed by atoms with Crippen molar-refractivity contribution in [2.24, 2.45) is 27.8 Å². The summed E-state index contributed by atoms with van der Waals surface area (Å²) >= 11 is 0. The molecule has 154 valence electrons. The zero-order chi connectivity index (χ0) is 21.6. The summed E-state index contributed by atoms with van der Waals surface area (Å²) in [4.78, 5) is 4.76. The SMILES string of the molecule is C=CC1(Cc2cccc(C#N)c2)CC(=CN)C(=Nc2ccc(F)cc2)CC1CCN. The molecule has 2 unspecified atom stereocenters. The van der Waals surface area contributed by atoms with Crippen molar-refractivity contribution in [3.8, 4) is 6.07 Å². The van der Waals surface area contributed by atoms with Gasteiger partial charge in [0.25, 0.3) is 0 Å². The van der Waals surface area contributed by atoms with Crippen LogP contribution in [0.15, 0.2) is 78.0 Å². The third kappa shape index (κ3) is 4.67. The first kappa shape index (κ1) is 21.5. The maximum Gasteiger partial charge on any atom is 0.123 e.